The molecule has 1 rings (SSSR count). The molecule has 0 saturated carbocycles. The second-order valence-corrected chi connectivity index (χ2v) is 2.37. The SMILES string of the molecule is CC(F)(F)OCc1c#[n+]ccc1. The van der Waals surface area contributed by atoms with Crippen molar-refractivity contribution in [3.63, 3.8) is 0 Å². The molecule has 0 atom stereocenters. The fraction of sp³-hybridized carbons (Fsp3) is 0.375. The summed E-state index contributed by atoms with van der Waals surface area (Å²) < 4.78 is 28.5. The van der Waals surface area contributed by atoms with E-state index in [0.717, 1.165) is 0 Å². The van der Waals surface area contributed by atoms with Gasteiger partial charge in [-0.2, -0.15) is 8.78 Å². The molecule has 0 aliphatic carbocycles. The van der Waals surface area contributed by atoms with E-state index in [1.54, 1.807) is 12.1 Å². The Labute approximate surface area is 69.2 Å². The first-order valence-electron chi connectivity index (χ1n) is 3.41. The topological polar surface area (TPSA) is 23.3 Å². The minimum atomic E-state index is -3.09. The monoisotopic (exact) mass is 172 g/mol. The molecule has 0 spiro atoms. The molecule has 0 saturated heterocycles. The lowest BCUT2D eigenvalue weighted by Crippen LogP contribution is -2.14. The maximum Gasteiger partial charge on any atom is 0.353 e. The van der Waals surface area contributed by atoms with Crippen LogP contribution in [-0.4, -0.2) is 6.11 Å². The summed E-state index contributed by atoms with van der Waals surface area (Å²) in [6, 6.07) is 3.27. The average molecular weight is 172 g/mol. The summed E-state index contributed by atoms with van der Waals surface area (Å²) in [4.78, 5) is 3.64. The molecule has 0 amide bonds. The Bertz CT molecular complexity index is 233. The highest BCUT2D eigenvalue weighted by atomic mass is 19.3. The molecular weight excluding hydrogens is 164 g/mol. The molecular formula is C8H8F2NO+. The molecule has 12 heavy (non-hydrogen) atoms. The van der Waals surface area contributed by atoms with Crippen molar-refractivity contribution in [2.45, 2.75) is 19.6 Å². The zero-order valence-electron chi connectivity index (χ0n) is 6.55. The number of halogens is 2. The van der Waals surface area contributed by atoms with E-state index in [2.05, 4.69) is 15.9 Å². The van der Waals surface area contributed by atoms with E-state index in [9.17, 15) is 8.78 Å². The third-order valence-electron chi connectivity index (χ3n) is 1.15. The van der Waals surface area contributed by atoms with Gasteiger partial charge in [0, 0.05) is 13.0 Å². The van der Waals surface area contributed by atoms with Gasteiger partial charge in [0.1, 0.15) is 5.56 Å². The lowest BCUT2D eigenvalue weighted by atomic mass is 10.3. The Morgan fingerprint density at radius 1 is 1.67 bits per heavy atom. The van der Waals surface area contributed by atoms with Gasteiger partial charge in [0.15, 0.2) is 0 Å². The van der Waals surface area contributed by atoms with Crippen LogP contribution in [0.25, 0.3) is 0 Å². The smallest absolute Gasteiger partial charge is 0.315 e. The van der Waals surface area contributed by atoms with Crippen molar-refractivity contribution in [2.24, 2.45) is 0 Å². The van der Waals surface area contributed by atoms with Gasteiger partial charge < -0.3 is 4.74 Å². The van der Waals surface area contributed by atoms with E-state index in [1.807, 2.05) is 0 Å². The van der Waals surface area contributed by atoms with Gasteiger partial charge in [-0.15, -0.1) is 0 Å². The third kappa shape index (κ3) is 3.26. The average Bonchev–Trinajstić information content (AvgIpc) is 2.02. The molecule has 1 heterocycles. The molecule has 0 N–H and O–H groups in total. The predicted molar refractivity (Wildman–Crippen MR) is 36.3 cm³/mol. The highest BCUT2D eigenvalue weighted by Crippen LogP contribution is 2.14. The lowest BCUT2D eigenvalue weighted by molar-refractivity contribution is -0.295. The first-order chi connectivity index (χ1) is 5.58. The molecule has 0 aliphatic heterocycles. The van der Waals surface area contributed by atoms with Crippen LogP contribution in [0.5, 0.6) is 0 Å². The molecule has 1 aromatic heterocycles. The van der Waals surface area contributed by atoms with Crippen molar-refractivity contribution >= 4 is 0 Å². The van der Waals surface area contributed by atoms with Crippen LogP contribution in [-0.2, 0) is 11.3 Å². The number of hydrogen-bond acceptors (Lipinski definition) is 1. The van der Waals surface area contributed by atoms with Crippen molar-refractivity contribution in [1.29, 1.82) is 0 Å². The molecule has 0 aliphatic rings. The van der Waals surface area contributed by atoms with Crippen molar-refractivity contribution in [1.82, 2.24) is 0 Å². The Hall–Kier alpha value is -1.21. The minimum absolute atomic E-state index is 0.169. The maximum absolute atomic E-state index is 12.2. The molecule has 4 heteroatoms. The molecule has 0 fully saturated rings. The first kappa shape index (κ1) is 8.88. The third-order valence-corrected chi connectivity index (χ3v) is 1.15. The second-order valence-electron chi connectivity index (χ2n) is 2.37. The molecule has 64 valence electrons. The minimum Gasteiger partial charge on any atom is -0.315 e. The number of hydrogen-bond donors (Lipinski definition) is 0. The van der Waals surface area contributed by atoms with Crippen LogP contribution < -0.4 is 4.98 Å². The second kappa shape index (κ2) is 3.46. The molecule has 0 aromatic carbocycles. The fourth-order valence-electron chi connectivity index (χ4n) is 0.645. The highest BCUT2D eigenvalue weighted by Gasteiger charge is 2.21. The zero-order chi connectivity index (χ0) is 9.03. The van der Waals surface area contributed by atoms with Gasteiger partial charge in [-0.25, -0.2) is 0 Å². The number of aromatic nitrogens is 1. The number of rotatable bonds is 3. The standard InChI is InChI=1S/C8H8F2NO/c1-8(9,10)12-6-7-3-2-4-11-5-7/h2-4H,6H2,1H3/q+1. The van der Waals surface area contributed by atoms with E-state index in [1.165, 1.54) is 6.20 Å². The van der Waals surface area contributed by atoms with Crippen LogP contribution in [0.15, 0.2) is 18.3 Å². The van der Waals surface area contributed by atoms with Gasteiger partial charge in [0.25, 0.3) is 0 Å². The zero-order valence-corrected chi connectivity index (χ0v) is 6.55. The molecule has 1 aromatic rings. The van der Waals surface area contributed by atoms with E-state index >= 15 is 0 Å². The number of ether oxygens (including phenoxy) is 1. The summed E-state index contributed by atoms with van der Waals surface area (Å²) in [6.07, 6.45) is 0.960. The van der Waals surface area contributed by atoms with Crippen LogP contribution in [0.3, 0.4) is 0 Å². The molecule has 2 nitrogen and oxygen atoms in total. The summed E-state index contributed by atoms with van der Waals surface area (Å²) >= 11 is 0. The Balaban J connectivity index is 2.44. The van der Waals surface area contributed by atoms with E-state index in [-0.39, 0.29) is 6.61 Å². The van der Waals surface area contributed by atoms with Crippen LogP contribution in [0.1, 0.15) is 12.5 Å². The van der Waals surface area contributed by atoms with Gasteiger partial charge in [-0.3, -0.25) is 0 Å². The van der Waals surface area contributed by atoms with E-state index in [0.29, 0.717) is 12.5 Å². The summed E-state index contributed by atoms with van der Waals surface area (Å²) in [7, 11) is 0. The Kier molecular flexibility index (Phi) is 2.56. The Morgan fingerprint density at radius 3 is 2.92 bits per heavy atom. The van der Waals surface area contributed by atoms with Crippen molar-refractivity contribution in [3.8, 4) is 0 Å². The van der Waals surface area contributed by atoms with Crippen LogP contribution in [0.4, 0.5) is 8.78 Å². The van der Waals surface area contributed by atoms with Crippen molar-refractivity contribution in [2.75, 3.05) is 0 Å². The molecule has 0 bridgehead atoms. The van der Waals surface area contributed by atoms with Gasteiger partial charge in [-0.1, -0.05) is 0 Å². The summed E-state index contributed by atoms with van der Waals surface area (Å²) in [5.74, 6) is 0. The van der Waals surface area contributed by atoms with Gasteiger partial charge >= 0.3 is 18.5 Å². The van der Waals surface area contributed by atoms with Gasteiger partial charge in [0.2, 0.25) is 0 Å². The van der Waals surface area contributed by atoms with Crippen molar-refractivity contribution < 1.29 is 18.5 Å². The fourth-order valence-corrected chi connectivity index (χ4v) is 0.645. The van der Waals surface area contributed by atoms with Crippen LogP contribution in [0, 0.1) is 6.20 Å². The highest BCUT2D eigenvalue weighted by molar-refractivity contribution is 5.00. The molecule has 0 radical (unpaired) electrons. The van der Waals surface area contributed by atoms with Crippen LogP contribution >= 0.6 is 0 Å². The van der Waals surface area contributed by atoms with E-state index in [4.69, 9.17) is 0 Å². The van der Waals surface area contributed by atoms with Gasteiger partial charge in [0.05, 0.1) is 6.61 Å². The summed E-state index contributed by atoms with van der Waals surface area (Å²) in [6.45, 7) is 0.528. The Morgan fingerprint density at radius 2 is 2.42 bits per heavy atom. The van der Waals surface area contributed by atoms with Gasteiger partial charge in [-0.05, 0) is 11.1 Å². The number of alkyl halides is 2. The quantitative estimate of drug-likeness (QED) is 0.684. The number of nitrogens with zero attached hydrogens (tertiary/aromatic N) is 1. The van der Waals surface area contributed by atoms with Crippen LogP contribution in [0.2, 0.25) is 0 Å². The predicted octanol–water partition coefficient (Wildman–Crippen LogP) is 1.22. The molecule has 0 unspecified atom stereocenters. The first-order valence-corrected chi connectivity index (χ1v) is 3.41. The lowest BCUT2D eigenvalue weighted by Gasteiger charge is -2.08. The maximum atomic E-state index is 12.2. The van der Waals surface area contributed by atoms with E-state index < -0.39 is 6.11 Å². The summed E-state index contributed by atoms with van der Waals surface area (Å²) in [5.41, 5.74) is 0.513. The largest absolute Gasteiger partial charge is 0.353 e. The normalized spacial score (nSPS) is 10.9. The van der Waals surface area contributed by atoms with Crippen molar-refractivity contribution in [3.05, 3.63) is 30.1 Å². The summed E-state index contributed by atoms with van der Waals surface area (Å²) in [5, 5.41) is 0.